The topological polar surface area (TPSA) is 33.5 Å². The van der Waals surface area contributed by atoms with Gasteiger partial charge in [-0.2, -0.15) is 0 Å². The van der Waals surface area contributed by atoms with Crippen LogP contribution in [0.4, 0.5) is 22.7 Å². The molecule has 6 aromatic carbocycles. The normalized spacial score (nSPS) is 14.0. The maximum absolute atomic E-state index is 7.13. The van der Waals surface area contributed by atoms with Crippen LogP contribution in [0.5, 0.6) is 11.5 Å². The molecule has 362 valence electrons. The van der Waals surface area contributed by atoms with Crippen LogP contribution in [0, 0.1) is 0 Å². The minimum absolute atomic E-state index is 0.00419. The van der Waals surface area contributed by atoms with Gasteiger partial charge in [0, 0.05) is 45.9 Å². The van der Waals surface area contributed by atoms with Crippen molar-refractivity contribution >= 4 is 44.6 Å². The van der Waals surface area contributed by atoms with E-state index in [9.17, 15) is 0 Å². The molecule has 0 atom stereocenters. The molecular formula is C65H76N4O. The van der Waals surface area contributed by atoms with E-state index in [2.05, 4.69) is 266 Å². The van der Waals surface area contributed by atoms with Crippen LogP contribution in [0.1, 0.15) is 157 Å². The van der Waals surface area contributed by atoms with Gasteiger partial charge in [-0.1, -0.05) is 166 Å². The highest BCUT2D eigenvalue weighted by atomic mass is 16.5. The minimum atomic E-state index is -0.221. The average Bonchev–Trinajstić information content (AvgIpc) is 3.83. The van der Waals surface area contributed by atoms with Crippen molar-refractivity contribution in [3.8, 4) is 17.3 Å². The molecule has 0 spiro atoms. The van der Waals surface area contributed by atoms with Gasteiger partial charge < -0.3 is 14.5 Å². The van der Waals surface area contributed by atoms with Crippen LogP contribution < -0.4 is 14.5 Å². The van der Waals surface area contributed by atoms with E-state index in [0.29, 0.717) is 6.67 Å². The highest BCUT2D eigenvalue weighted by Crippen LogP contribution is 2.50. The smallest absolute Gasteiger partial charge is 0.137 e. The van der Waals surface area contributed by atoms with Crippen molar-refractivity contribution in [2.75, 3.05) is 16.5 Å². The molecule has 0 fully saturated rings. The summed E-state index contributed by atoms with van der Waals surface area (Å²) < 4.78 is 9.45. The number of hydrogen-bond donors (Lipinski definition) is 0. The van der Waals surface area contributed by atoms with Gasteiger partial charge in [0.1, 0.15) is 24.0 Å². The summed E-state index contributed by atoms with van der Waals surface area (Å²) in [5.41, 5.74) is 15.4. The fourth-order valence-corrected chi connectivity index (χ4v) is 9.90. The molecule has 0 unspecified atom stereocenters. The Balaban J connectivity index is 1.20. The molecule has 9 rings (SSSR count). The molecule has 0 amide bonds. The van der Waals surface area contributed by atoms with Gasteiger partial charge in [0.2, 0.25) is 0 Å². The van der Waals surface area contributed by atoms with E-state index in [1.807, 2.05) is 6.20 Å². The second kappa shape index (κ2) is 16.9. The zero-order chi connectivity index (χ0) is 50.5. The summed E-state index contributed by atoms with van der Waals surface area (Å²) in [6, 6.07) is 50.0. The van der Waals surface area contributed by atoms with Gasteiger partial charge in [-0.25, -0.2) is 4.98 Å². The molecule has 0 aliphatic carbocycles. The van der Waals surface area contributed by atoms with E-state index < -0.39 is 0 Å². The average molecular weight is 929 g/mol. The predicted molar refractivity (Wildman–Crippen MR) is 299 cm³/mol. The highest BCUT2D eigenvalue weighted by molar-refractivity contribution is 6.10. The maximum atomic E-state index is 7.13. The van der Waals surface area contributed by atoms with Gasteiger partial charge in [0.25, 0.3) is 0 Å². The van der Waals surface area contributed by atoms with Crippen LogP contribution in [0.25, 0.3) is 27.6 Å². The number of aromatic nitrogens is 2. The number of ether oxygens (including phenoxy) is 1. The maximum Gasteiger partial charge on any atom is 0.137 e. The minimum Gasteiger partial charge on any atom is -0.457 e. The van der Waals surface area contributed by atoms with Gasteiger partial charge in [0.05, 0.1) is 22.4 Å². The molecule has 1 aliphatic rings. The Bertz CT molecular complexity index is 3230. The van der Waals surface area contributed by atoms with E-state index in [1.165, 1.54) is 66.8 Å². The monoisotopic (exact) mass is 929 g/mol. The highest BCUT2D eigenvalue weighted by Gasteiger charge is 2.34. The van der Waals surface area contributed by atoms with Gasteiger partial charge in [-0.3, -0.25) is 4.57 Å². The summed E-state index contributed by atoms with van der Waals surface area (Å²) in [5.74, 6) is 2.48. The number of fused-ring (bicyclic) bond motifs is 4. The first-order valence-corrected chi connectivity index (χ1v) is 25.4. The van der Waals surface area contributed by atoms with Crippen LogP contribution >= 0.6 is 0 Å². The zero-order valence-electron chi connectivity index (χ0n) is 45.2. The Morgan fingerprint density at radius 2 is 0.943 bits per heavy atom. The molecule has 1 aliphatic heterocycles. The lowest BCUT2D eigenvalue weighted by atomic mass is 9.78. The van der Waals surface area contributed by atoms with Crippen LogP contribution in [0.15, 0.2) is 140 Å². The molecule has 70 heavy (non-hydrogen) atoms. The second-order valence-corrected chi connectivity index (χ2v) is 25.7. The summed E-state index contributed by atoms with van der Waals surface area (Å²) in [6.45, 7) is 39.8. The standard InChI is InChI=1S/C65H76N4O/c1-60(2,3)43-23-27-55-54(36-43)53-26-25-51(40-57(53)69(55)59-38-44(29-30-66-59)61(4,5)6)70-52-35-48(64(13,14)15)34-50(39-52)68-41-67(49-32-46(62(7,8)9)31-47(33-49)63(10,11)12)56-28-24-45(37-58(56)68)65(16,17)42-21-19-18-20-22-42/h18-40H,41H2,1-17H3. The lowest BCUT2D eigenvalue weighted by molar-refractivity contribution is 0.479. The Hall–Kier alpha value is -6.33. The molecule has 0 radical (unpaired) electrons. The number of rotatable bonds is 7. The summed E-state index contributed by atoms with van der Waals surface area (Å²) in [4.78, 5) is 10.0. The van der Waals surface area contributed by atoms with Gasteiger partial charge in [-0.15, -0.1) is 0 Å². The Labute approximate surface area is 419 Å². The van der Waals surface area contributed by atoms with Crippen LogP contribution in [0.3, 0.4) is 0 Å². The first-order valence-electron chi connectivity index (χ1n) is 25.4. The second-order valence-electron chi connectivity index (χ2n) is 25.7. The fraction of sp³-hybridized carbons (Fsp3) is 0.369. The quantitative estimate of drug-likeness (QED) is 0.159. The summed E-state index contributed by atoms with van der Waals surface area (Å²) in [5, 5.41) is 2.39. The molecule has 8 aromatic rings. The van der Waals surface area contributed by atoms with Crippen LogP contribution in [-0.4, -0.2) is 16.2 Å². The number of nitrogens with zero attached hydrogens (tertiary/aromatic N) is 4. The van der Waals surface area contributed by atoms with Crippen LogP contribution in [-0.2, 0) is 32.5 Å². The Morgan fingerprint density at radius 1 is 0.386 bits per heavy atom. The van der Waals surface area contributed by atoms with E-state index in [0.717, 1.165) is 34.0 Å². The third kappa shape index (κ3) is 9.25. The number of benzene rings is 6. The fourth-order valence-electron chi connectivity index (χ4n) is 9.90. The SMILES string of the molecule is CC(C)(C)c1cc(Oc2ccc3c4cc(C(C)(C)C)ccc4n(-c4cc(C(C)(C)C)ccn4)c3c2)cc(N2CN(c3cc(C(C)(C)C)cc(C(C)(C)C)c3)c3ccc(C(C)(C)c4ccccc4)cc32)c1. The molecule has 3 heterocycles. The Morgan fingerprint density at radius 3 is 1.56 bits per heavy atom. The van der Waals surface area contributed by atoms with Gasteiger partial charge >= 0.3 is 0 Å². The van der Waals surface area contributed by atoms with Crippen molar-refractivity contribution in [2.24, 2.45) is 0 Å². The van der Waals surface area contributed by atoms with E-state index >= 15 is 0 Å². The van der Waals surface area contributed by atoms with E-state index in [1.54, 1.807) is 0 Å². The molecule has 0 N–H and O–H groups in total. The number of pyridine rings is 1. The zero-order valence-corrected chi connectivity index (χ0v) is 45.2. The molecule has 2 aromatic heterocycles. The lowest BCUT2D eigenvalue weighted by Crippen LogP contribution is -2.26. The number of hydrogen-bond acceptors (Lipinski definition) is 4. The first kappa shape index (κ1) is 48.7. The Kier molecular flexibility index (Phi) is 11.8. The molecule has 5 nitrogen and oxygen atoms in total. The number of anilines is 4. The summed E-state index contributed by atoms with van der Waals surface area (Å²) in [7, 11) is 0. The van der Waals surface area contributed by atoms with Crippen molar-refractivity contribution in [2.45, 2.75) is 150 Å². The largest absolute Gasteiger partial charge is 0.457 e. The summed E-state index contributed by atoms with van der Waals surface area (Å²) >= 11 is 0. The lowest BCUT2D eigenvalue weighted by Gasteiger charge is -2.29. The van der Waals surface area contributed by atoms with Gasteiger partial charge in [0.15, 0.2) is 0 Å². The predicted octanol–water partition coefficient (Wildman–Crippen LogP) is 18.0. The van der Waals surface area contributed by atoms with Crippen molar-refractivity contribution in [3.63, 3.8) is 0 Å². The van der Waals surface area contributed by atoms with Crippen molar-refractivity contribution in [1.29, 1.82) is 0 Å². The first-order chi connectivity index (χ1) is 32.6. The summed E-state index contributed by atoms with van der Waals surface area (Å²) in [6.07, 6.45) is 1.95. The third-order valence-electron chi connectivity index (χ3n) is 14.8. The van der Waals surface area contributed by atoms with Crippen molar-refractivity contribution in [3.05, 3.63) is 179 Å². The van der Waals surface area contributed by atoms with Crippen molar-refractivity contribution < 1.29 is 4.74 Å². The molecule has 0 saturated heterocycles. The van der Waals surface area contributed by atoms with E-state index in [-0.39, 0.29) is 32.5 Å². The molecule has 0 saturated carbocycles. The molecular weight excluding hydrogens is 853 g/mol. The van der Waals surface area contributed by atoms with Crippen molar-refractivity contribution in [1.82, 2.24) is 9.55 Å². The van der Waals surface area contributed by atoms with E-state index in [4.69, 9.17) is 9.72 Å². The van der Waals surface area contributed by atoms with Crippen LogP contribution in [0.2, 0.25) is 0 Å². The molecule has 5 heteroatoms. The van der Waals surface area contributed by atoms with Gasteiger partial charge in [-0.05, 0) is 139 Å². The third-order valence-corrected chi connectivity index (χ3v) is 14.8. The molecule has 0 bridgehead atoms.